The average Bonchev–Trinajstić information content (AvgIpc) is 2.77. The van der Waals surface area contributed by atoms with Gasteiger partial charge in [0.1, 0.15) is 0 Å². The lowest BCUT2D eigenvalue weighted by atomic mass is 9.53. The molecule has 0 saturated heterocycles. The minimum absolute atomic E-state index is 0.00512. The molecule has 2 bridgehead atoms. The van der Waals surface area contributed by atoms with Crippen LogP contribution in [0.1, 0.15) is 76.8 Å². The number of amides is 1. The van der Waals surface area contributed by atoms with Crippen LogP contribution in [-0.4, -0.2) is 31.6 Å². The van der Waals surface area contributed by atoms with E-state index >= 15 is 0 Å². The summed E-state index contributed by atoms with van der Waals surface area (Å²) in [6.45, 7) is 5.07. The standard InChI is InChI=1S/C24H34N2O3/c1-4-21(27)26-17(2)15-19(18-7-5-6-8-20(18)26)25-16-23-9-12-24(13-10-23,14-11-23)22(28)29-3/h5-8,17,19,25H,4,9-16H2,1-3H3/t17-,19+,23?,24?/m0/s1. The Morgan fingerprint density at radius 1 is 1.14 bits per heavy atom. The smallest absolute Gasteiger partial charge is 0.311 e. The highest BCUT2D eigenvalue weighted by atomic mass is 16.5. The van der Waals surface area contributed by atoms with E-state index < -0.39 is 0 Å². The first-order chi connectivity index (χ1) is 13.9. The van der Waals surface area contributed by atoms with Crippen molar-refractivity contribution < 1.29 is 14.3 Å². The van der Waals surface area contributed by atoms with E-state index in [1.54, 1.807) is 0 Å². The van der Waals surface area contributed by atoms with E-state index in [2.05, 4.69) is 30.4 Å². The van der Waals surface area contributed by atoms with Gasteiger partial charge in [-0.3, -0.25) is 9.59 Å². The summed E-state index contributed by atoms with van der Waals surface area (Å²) in [5.41, 5.74) is 2.37. The Kier molecular flexibility index (Phi) is 5.45. The predicted molar refractivity (Wildman–Crippen MR) is 114 cm³/mol. The molecule has 5 nitrogen and oxygen atoms in total. The first kappa shape index (κ1) is 20.4. The number of rotatable bonds is 5. The molecule has 1 aliphatic heterocycles. The Morgan fingerprint density at radius 3 is 2.41 bits per heavy atom. The highest BCUT2D eigenvalue weighted by molar-refractivity contribution is 5.95. The van der Waals surface area contributed by atoms with Crippen molar-refractivity contribution in [3.63, 3.8) is 0 Å². The van der Waals surface area contributed by atoms with Crippen LogP contribution < -0.4 is 10.2 Å². The van der Waals surface area contributed by atoms with Gasteiger partial charge in [0.2, 0.25) is 5.91 Å². The van der Waals surface area contributed by atoms with Crippen molar-refractivity contribution in [3.05, 3.63) is 29.8 Å². The number of esters is 1. The first-order valence-electron chi connectivity index (χ1n) is 11.2. The van der Waals surface area contributed by atoms with E-state index in [0.29, 0.717) is 11.8 Å². The third kappa shape index (κ3) is 3.48. The second kappa shape index (κ2) is 7.75. The van der Waals surface area contributed by atoms with E-state index in [1.807, 2.05) is 17.9 Å². The van der Waals surface area contributed by atoms with E-state index in [-0.39, 0.29) is 29.4 Å². The molecule has 5 rings (SSSR count). The van der Waals surface area contributed by atoms with Gasteiger partial charge in [-0.25, -0.2) is 0 Å². The van der Waals surface area contributed by atoms with Crippen molar-refractivity contribution in [1.29, 1.82) is 0 Å². The molecule has 0 radical (unpaired) electrons. The summed E-state index contributed by atoms with van der Waals surface area (Å²) in [7, 11) is 1.52. The number of nitrogens with one attached hydrogen (secondary N) is 1. The molecular weight excluding hydrogens is 364 g/mol. The number of hydrogen-bond donors (Lipinski definition) is 1. The monoisotopic (exact) mass is 398 g/mol. The van der Waals surface area contributed by atoms with Gasteiger partial charge in [0.25, 0.3) is 0 Å². The maximum atomic E-state index is 12.5. The maximum absolute atomic E-state index is 12.5. The molecule has 1 heterocycles. The lowest BCUT2D eigenvalue weighted by molar-refractivity contribution is -0.162. The highest BCUT2D eigenvalue weighted by Gasteiger charge is 2.53. The zero-order valence-corrected chi connectivity index (χ0v) is 18.0. The Balaban J connectivity index is 1.47. The topological polar surface area (TPSA) is 58.6 Å². The number of fused-ring (bicyclic) bond motifs is 4. The maximum Gasteiger partial charge on any atom is 0.311 e. The number of nitrogens with zero attached hydrogens (tertiary/aromatic N) is 1. The molecule has 1 aromatic carbocycles. The fourth-order valence-electron chi connectivity index (χ4n) is 5.95. The highest BCUT2D eigenvalue weighted by Crippen LogP contribution is 2.57. The van der Waals surface area contributed by atoms with Gasteiger partial charge in [0.15, 0.2) is 0 Å². The Bertz CT molecular complexity index is 766. The minimum atomic E-state index is -0.219. The van der Waals surface area contributed by atoms with E-state index in [0.717, 1.165) is 57.2 Å². The summed E-state index contributed by atoms with van der Waals surface area (Å²) in [5.74, 6) is 0.190. The lowest BCUT2D eigenvalue weighted by Gasteiger charge is -2.52. The number of hydrogen-bond acceptors (Lipinski definition) is 4. The van der Waals surface area contributed by atoms with Gasteiger partial charge in [0.05, 0.1) is 12.5 Å². The number of carbonyl (C=O) groups is 2. The van der Waals surface area contributed by atoms with Crippen molar-refractivity contribution in [3.8, 4) is 0 Å². The van der Waals surface area contributed by atoms with Crippen LogP contribution in [0, 0.1) is 10.8 Å². The van der Waals surface area contributed by atoms with Gasteiger partial charge in [-0.1, -0.05) is 25.1 Å². The number of ether oxygens (including phenoxy) is 1. The Labute approximate surface area is 174 Å². The quantitative estimate of drug-likeness (QED) is 0.749. The summed E-state index contributed by atoms with van der Waals surface area (Å²) < 4.78 is 5.10. The van der Waals surface area contributed by atoms with Crippen molar-refractivity contribution in [1.82, 2.24) is 5.32 Å². The largest absolute Gasteiger partial charge is 0.469 e. The number of para-hydroxylation sites is 1. The second-order valence-electron chi connectivity index (χ2n) is 9.47. The molecule has 3 aliphatic carbocycles. The van der Waals surface area contributed by atoms with Crippen molar-refractivity contribution in [2.24, 2.45) is 10.8 Å². The third-order valence-corrected chi connectivity index (χ3v) is 7.90. The lowest BCUT2D eigenvalue weighted by Crippen LogP contribution is -2.51. The predicted octanol–water partition coefficient (Wildman–Crippen LogP) is 4.37. The van der Waals surface area contributed by atoms with Crippen LogP contribution in [0.15, 0.2) is 24.3 Å². The van der Waals surface area contributed by atoms with Gasteiger partial charge < -0.3 is 15.0 Å². The molecule has 1 amide bonds. The van der Waals surface area contributed by atoms with E-state index in [1.165, 1.54) is 12.7 Å². The van der Waals surface area contributed by atoms with Crippen LogP contribution in [0.25, 0.3) is 0 Å². The van der Waals surface area contributed by atoms with Gasteiger partial charge in [-0.05, 0) is 68.9 Å². The fraction of sp³-hybridized carbons (Fsp3) is 0.667. The van der Waals surface area contributed by atoms with Crippen LogP contribution in [0.3, 0.4) is 0 Å². The molecule has 0 aromatic heterocycles. The molecule has 4 aliphatic rings. The molecular formula is C24H34N2O3. The normalized spacial score (nSPS) is 33.3. The molecule has 29 heavy (non-hydrogen) atoms. The number of anilines is 1. The fourth-order valence-corrected chi connectivity index (χ4v) is 5.95. The van der Waals surface area contributed by atoms with Crippen molar-refractivity contribution >= 4 is 17.6 Å². The summed E-state index contributed by atoms with van der Waals surface area (Å²) in [5, 5.41) is 3.87. The van der Waals surface area contributed by atoms with Crippen LogP contribution >= 0.6 is 0 Å². The summed E-state index contributed by atoms with van der Waals surface area (Å²) in [4.78, 5) is 26.8. The Hall–Kier alpha value is -1.88. The summed E-state index contributed by atoms with van der Waals surface area (Å²) >= 11 is 0. The molecule has 1 aromatic rings. The molecule has 0 spiro atoms. The first-order valence-corrected chi connectivity index (χ1v) is 11.2. The number of methoxy groups -OCH3 is 1. The molecule has 5 heteroatoms. The van der Waals surface area contributed by atoms with Gasteiger partial charge in [-0.2, -0.15) is 0 Å². The molecule has 3 saturated carbocycles. The second-order valence-corrected chi connectivity index (χ2v) is 9.47. The summed E-state index contributed by atoms with van der Waals surface area (Å²) in [6, 6.07) is 8.80. The molecule has 0 unspecified atom stereocenters. The minimum Gasteiger partial charge on any atom is -0.469 e. The van der Waals surface area contributed by atoms with Crippen molar-refractivity contribution in [2.45, 2.75) is 77.3 Å². The van der Waals surface area contributed by atoms with E-state index in [9.17, 15) is 9.59 Å². The Morgan fingerprint density at radius 2 is 1.79 bits per heavy atom. The van der Waals surface area contributed by atoms with Crippen LogP contribution in [0.4, 0.5) is 5.69 Å². The van der Waals surface area contributed by atoms with Gasteiger partial charge >= 0.3 is 5.97 Å². The van der Waals surface area contributed by atoms with Crippen molar-refractivity contribution in [2.75, 3.05) is 18.6 Å². The molecule has 158 valence electrons. The van der Waals surface area contributed by atoms with E-state index in [4.69, 9.17) is 4.74 Å². The number of benzene rings is 1. The number of carbonyl (C=O) groups excluding carboxylic acids is 2. The average molecular weight is 399 g/mol. The van der Waals surface area contributed by atoms with Gasteiger partial charge in [0, 0.05) is 30.7 Å². The van der Waals surface area contributed by atoms with Crippen LogP contribution in [-0.2, 0) is 14.3 Å². The zero-order valence-electron chi connectivity index (χ0n) is 18.0. The molecule has 1 N–H and O–H groups in total. The molecule has 2 atom stereocenters. The van der Waals surface area contributed by atoms with Gasteiger partial charge in [-0.15, -0.1) is 0 Å². The SMILES string of the molecule is CCC(=O)N1c2ccccc2[C@H](NCC23CCC(C(=O)OC)(CC2)CC3)C[C@@H]1C. The van der Waals surface area contributed by atoms with Crippen LogP contribution in [0.2, 0.25) is 0 Å². The third-order valence-electron chi connectivity index (χ3n) is 7.90. The molecule has 3 fully saturated rings. The summed E-state index contributed by atoms with van der Waals surface area (Å²) in [6.07, 6.45) is 7.62. The zero-order chi connectivity index (χ0) is 20.6. The van der Waals surface area contributed by atoms with Crippen LogP contribution in [0.5, 0.6) is 0 Å².